The summed E-state index contributed by atoms with van der Waals surface area (Å²) in [5.74, 6) is -15.6. The van der Waals surface area contributed by atoms with Gasteiger partial charge in [0.2, 0.25) is 0 Å². The van der Waals surface area contributed by atoms with Gasteiger partial charge in [-0.25, -0.2) is 0 Å². The van der Waals surface area contributed by atoms with Crippen molar-refractivity contribution in [2.45, 2.75) is 64.2 Å². The maximum Gasteiger partial charge on any atom is 0.380 e. The summed E-state index contributed by atoms with van der Waals surface area (Å²) in [6.45, 7) is 5.70. The van der Waals surface area contributed by atoms with Crippen LogP contribution < -0.4 is 0 Å². The summed E-state index contributed by atoms with van der Waals surface area (Å²) >= 11 is 2.58. The second-order valence-electron chi connectivity index (χ2n) is 9.93. The van der Waals surface area contributed by atoms with Gasteiger partial charge in [0.25, 0.3) is 0 Å². The summed E-state index contributed by atoms with van der Waals surface area (Å²) < 4.78 is 90.3. The van der Waals surface area contributed by atoms with Gasteiger partial charge in [-0.3, -0.25) is 0 Å². The lowest BCUT2D eigenvalue weighted by atomic mass is 9.67. The fourth-order valence-corrected chi connectivity index (χ4v) is 9.15. The van der Waals surface area contributed by atoms with Crippen molar-refractivity contribution in [3.63, 3.8) is 0 Å². The van der Waals surface area contributed by atoms with Gasteiger partial charge in [0.05, 0.1) is 9.49 Å². The second-order valence-corrected chi connectivity index (χ2v) is 12.7. The Morgan fingerprint density at radius 2 is 1.25 bits per heavy atom. The van der Waals surface area contributed by atoms with Crippen LogP contribution in [0.25, 0.3) is 11.1 Å². The lowest BCUT2D eigenvalue weighted by Gasteiger charge is -2.47. The first-order valence-electron chi connectivity index (χ1n) is 11.8. The Bertz CT molecular complexity index is 1400. The number of allylic oxidation sites excluding steroid dienone is 3. The number of alkyl halides is 6. The molecule has 0 radical (unpaired) electrons. The number of halogens is 6. The van der Waals surface area contributed by atoms with E-state index in [0.29, 0.717) is 20.9 Å². The normalized spacial score (nSPS) is 31.2. The first-order chi connectivity index (χ1) is 16.8. The molecule has 0 bridgehead atoms. The summed E-state index contributed by atoms with van der Waals surface area (Å²) in [7, 11) is 0. The minimum atomic E-state index is -5.56. The van der Waals surface area contributed by atoms with Gasteiger partial charge in [-0.2, -0.15) is 26.3 Å². The number of hydrogen-bond donors (Lipinski definition) is 0. The maximum absolute atomic E-state index is 15.7. The van der Waals surface area contributed by atoms with Crippen molar-refractivity contribution in [1.29, 1.82) is 0 Å². The lowest BCUT2D eigenvalue weighted by Crippen LogP contribution is -2.48. The van der Waals surface area contributed by atoms with E-state index in [1.165, 1.54) is 23.5 Å². The summed E-state index contributed by atoms with van der Waals surface area (Å²) in [6.07, 6.45) is 4.50. The molecule has 2 aromatic rings. The third kappa shape index (κ3) is 2.58. The van der Waals surface area contributed by atoms with Gasteiger partial charge in [-0.1, -0.05) is 68.8 Å². The Hall–Kier alpha value is -2.06. The van der Waals surface area contributed by atoms with Gasteiger partial charge in [-0.15, -0.1) is 23.5 Å². The molecule has 2 aromatic carbocycles. The quantitative estimate of drug-likeness (QED) is 0.283. The molecule has 0 amide bonds. The standard InChI is InChI=1S/C28H22F6S2/c1-4-15(2)13-14-25-21(17-10-6-8-12-19(17)36-25)23-22(26(29,30)28(33,34)27(23,31)32)20-16-9-5-7-11-18(16)35-24(20,25)3/h5-15H,4H2,1-3H3/t15-,24+,25+/m0/s1. The van der Waals surface area contributed by atoms with Crippen molar-refractivity contribution in [3.8, 4) is 0 Å². The monoisotopic (exact) mass is 536 g/mol. The molecule has 188 valence electrons. The van der Waals surface area contributed by atoms with E-state index in [2.05, 4.69) is 0 Å². The number of rotatable bonds is 3. The molecular weight excluding hydrogens is 514 g/mol. The Morgan fingerprint density at radius 3 is 1.83 bits per heavy atom. The molecule has 6 rings (SSSR count). The van der Waals surface area contributed by atoms with E-state index in [0.717, 1.165) is 6.42 Å². The average Bonchev–Trinajstić information content (AvgIpc) is 3.37. The molecule has 0 aromatic heterocycles. The summed E-state index contributed by atoms with van der Waals surface area (Å²) in [5, 5.41) is 0. The van der Waals surface area contributed by atoms with Gasteiger partial charge in [-0.05, 0) is 47.2 Å². The van der Waals surface area contributed by atoms with Crippen LogP contribution in [0.15, 0.2) is 81.6 Å². The third-order valence-electron chi connectivity index (χ3n) is 7.93. The fraction of sp³-hybridized carbons (Fsp3) is 0.357. The Morgan fingerprint density at radius 1 is 0.750 bits per heavy atom. The van der Waals surface area contributed by atoms with Crippen LogP contribution in [-0.4, -0.2) is 27.3 Å². The molecule has 0 N–H and O–H groups in total. The van der Waals surface area contributed by atoms with Crippen LogP contribution in [-0.2, 0) is 0 Å². The van der Waals surface area contributed by atoms with Gasteiger partial charge < -0.3 is 0 Å². The Balaban J connectivity index is 1.83. The zero-order chi connectivity index (χ0) is 25.9. The van der Waals surface area contributed by atoms with E-state index >= 15 is 26.3 Å². The van der Waals surface area contributed by atoms with Gasteiger partial charge >= 0.3 is 17.8 Å². The molecule has 1 fully saturated rings. The first kappa shape index (κ1) is 24.3. The van der Waals surface area contributed by atoms with Crippen molar-refractivity contribution < 1.29 is 26.3 Å². The molecule has 0 spiro atoms. The fourth-order valence-electron chi connectivity index (χ4n) is 5.87. The summed E-state index contributed by atoms with van der Waals surface area (Å²) in [4.78, 5) is 1.23. The lowest BCUT2D eigenvalue weighted by molar-refractivity contribution is -0.257. The van der Waals surface area contributed by atoms with Crippen LogP contribution in [0, 0.1) is 5.92 Å². The van der Waals surface area contributed by atoms with Crippen LogP contribution in [0.1, 0.15) is 38.3 Å². The topological polar surface area (TPSA) is 0 Å². The second kappa shape index (κ2) is 7.28. The Labute approximate surface area is 213 Å². The molecule has 3 atom stereocenters. The van der Waals surface area contributed by atoms with E-state index in [4.69, 9.17) is 0 Å². The van der Waals surface area contributed by atoms with Crippen molar-refractivity contribution in [1.82, 2.24) is 0 Å². The highest BCUT2D eigenvalue weighted by Crippen LogP contribution is 2.78. The minimum absolute atomic E-state index is 0.0770. The van der Waals surface area contributed by atoms with Crippen molar-refractivity contribution in [2.24, 2.45) is 5.92 Å². The predicted molar refractivity (Wildman–Crippen MR) is 133 cm³/mol. The number of thioether (sulfide) groups is 2. The van der Waals surface area contributed by atoms with Crippen LogP contribution >= 0.6 is 23.5 Å². The largest absolute Gasteiger partial charge is 0.380 e. The highest BCUT2D eigenvalue weighted by atomic mass is 32.2. The summed E-state index contributed by atoms with van der Waals surface area (Å²) in [5.41, 5.74) is -2.03. The SMILES string of the molecule is CC[C@H](C)C=C[C@@]12Sc3ccccc3C1=C1C(=C3c4ccccc4S[C@]32C)C(F)(F)C(F)(F)C1(F)F. The molecule has 0 nitrogen and oxygen atoms in total. The predicted octanol–water partition coefficient (Wildman–Crippen LogP) is 9.14. The highest BCUT2D eigenvalue weighted by Gasteiger charge is 2.85. The van der Waals surface area contributed by atoms with Crippen LogP contribution in [0.2, 0.25) is 0 Å². The smallest absolute Gasteiger partial charge is 0.194 e. The van der Waals surface area contributed by atoms with Crippen molar-refractivity contribution >= 4 is 34.7 Å². The third-order valence-corrected chi connectivity index (χ3v) is 11.2. The molecule has 2 heterocycles. The van der Waals surface area contributed by atoms with Crippen molar-refractivity contribution in [3.05, 3.63) is 83.0 Å². The maximum atomic E-state index is 15.7. The Kier molecular flexibility index (Phi) is 4.91. The van der Waals surface area contributed by atoms with Gasteiger partial charge in [0.15, 0.2) is 0 Å². The molecule has 8 heteroatoms. The van der Waals surface area contributed by atoms with Crippen LogP contribution in [0.4, 0.5) is 26.3 Å². The number of fused-ring (bicyclic) bond motifs is 8. The van der Waals surface area contributed by atoms with E-state index in [-0.39, 0.29) is 17.1 Å². The first-order valence-corrected chi connectivity index (χ1v) is 13.4. The van der Waals surface area contributed by atoms with Crippen LogP contribution in [0.3, 0.4) is 0 Å². The van der Waals surface area contributed by atoms with E-state index < -0.39 is 38.4 Å². The molecule has 0 unspecified atom stereocenters. The zero-order valence-corrected chi connectivity index (χ0v) is 21.3. The zero-order valence-electron chi connectivity index (χ0n) is 19.6. The van der Waals surface area contributed by atoms with Gasteiger partial charge in [0.1, 0.15) is 0 Å². The van der Waals surface area contributed by atoms with Crippen LogP contribution in [0.5, 0.6) is 0 Å². The molecule has 2 aliphatic carbocycles. The minimum Gasteiger partial charge on any atom is -0.194 e. The average molecular weight is 537 g/mol. The summed E-state index contributed by atoms with van der Waals surface area (Å²) in [6, 6.07) is 13.4. The van der Waals surface area contributed by atoms with Crippen molar-refractivity contribution in [2.75, 3.05) is 0 Å². The molecule has 0 saturated heterocycles. The van der Waals surface area contributed by atoms with E-state index in [9.17, 15) is 0 Å². The van der Waals surface area contributed by atoms with E-state index in [1.54, 1.807) is 55.5 Å². The number of benzene rings is 2. The molecule has 1 saturated carbocycles. The number of hydrogen-bond acceptors (Lipinski definition) is 2. The van der Waals surface area contributed by atoms with Gasteiger partial charge in [0, 0.05) is 20.9 Å². The molecular formula is C28H22F6S2. The molecule has 4 aliphatic rings. The molecule has 36 heavy (non-hydrogen) atoms. The highest BCUT2D eigenvalue weighted by molar-refractivity contribution is 8.06. The molecule has 2 aliphatic heterocycles. The van der Waals surface area contributed by atoms with E-state index in [1.807, 2.05) is 26.0 Å².